The van der Waals surface area contributed by atoms with E-state index in [4.69, 9.17) is 0 Å². The average molecular weight is 429 g/mol. The Morgan fingerprint density at radius 3 is 2.27 bits per heavy atom. The van der Waals surface area contributed by atoms with Crippen LogP contribution in [0, 0.1) is 0 Å². The van der Waals surface area contributed by atoms with E-state index in [1.54, 1.807) is 42.5 Å². The number of benzene rings is 2. The van der Waals surface area contributed by atoms with Gasteiger partial charge in [0, 0.05) is 13.0 Å². The fourth-order valence-electron chi connectivity index (χ4n) is 2.47. The van der Waals surface area contributed by atoms with Crippen molar-refractivity contribution in [2.24, 2.45) is 0 Å². The summed E-state index contributed by atoms with van der Waals surface area (Å²) >= 11 is 0. The summed E-state index contributed by atoms with van der Waals surface area (Å²) < 4.78 is 27.8. The first-order valence-electron chi connectivity index (χ1n) is 8.85. The molecule has 0 aliphatic carbocycles. The summed E-state index contributed by atoms with van der Waals surface area (Å²) in [7, 11) is -3.72. The van der Waals surface area contributed by atoms with Gasteiger partial charge in [0.25, 0.3) is 5.91 Å². The Labute approximate surface area is 172 Å². The first-order chi connectivity index (χ1) is 14.4. The molecule has 156 valence electrons. The van der Waals surface area contributed by atoms with Crippen molar-refractivity contribution in [2.45, 2.75) is 11.3 Å². The number of aromatic nitrogens is 2. The molecule has 3 aromatic rings. The molecule has 10 nitrogen and oxygen atoms in total. The Kier molecular flexibility index (Phi) is 6.45. The second-order valence-electron chi connectivity index (χ2n) is 6.11. The van der Waals surface area contributed by atoms with E-state index >= 15 is 0 Å². The third-order valence-electron chi connectivity index (χ3n) is 3.94. The van der Waals surface area contributed by atoms with Crippen LogP contribution < -0.4 is 15.6 Å². The predicted molar refractivity (Wildman–Crippen MR) is 107 cm³/mol. The van der Waals surface area contributed by atoms with Crippen LogP contribution in [-0.4, -0.2) is 41.7 Å². The summed E-state index contributed by atoms with van der Waals surface area (Å²) in [5, 5.41) is 13.9. The molecule has 0 bridgehead atoms. The number of nitrogens with one attached hydrogen (secondary N) is 3. The number of para-hydroxylation sites is 1. The molecule has 1 aromatic heterocycles. The fraction of sp³-hybridized carbons (Fsp3) is 0.105. The Morgan fingerprint density at radius 2 is 1.60 bits per heavy atom. The van der Waals surface area contributed by atoms with Crippen LogP contribution in [0.5, 0.6) is 5.75 Å². The van der Waals surface area contributed by atoms with E-state index in [0.29, 0.717) is 5.69 Å². The van der Waals surface area contributed by atoms with E-state index in [0.717, 1.165) is 0 Å². The number of rotatable bonds is 7. The fourth-order valence-corrected chi connectivity index (χ4v) is 3.52. The van der Waals surface area contributed by atoms with E-state index in [2.05, 4.69) is 20.7 Å². The normalized spacial score (nSPS) is 11.1. The van der Waals surface area contributed by atoms with Crippen LogP contribution in [0.25, 0.3) is 5.69 Å². The molecular weight excluding hydrogens is 410 g/mol. The van der Waals surface area contributed by atoms with Crippen molar-refractivity contribution in [3.8, 4) is 11.4 Å². The molecule has 3 rings (SSSR count). The van der Waals surface area contributed by atoms with Gasteiger partial charge < -0.3 is 5.11 Å². The van der Waals surface area contributed by atoms with Crippen LogP contribution in [0.15, 0.2) is 71.8 Å². The minimum Gasteiger partial charge on any atom is -0.504 e. The van der Waals surface area contributed by atoms with Crippen molar-refractivity contribution in [2.75, 3.05) is 6.54 Å². The number of carbonyl (C=O) groups is 2. The number of hydrogen-bond donors (Lipinski definition) is 4. The Hall–Kier alpha value is -3.70. The highest BCUT2D eigenvalue weighted by Gasteiger charge is 2.18. The summed E-state index contributed by atoms with van der Waals surface area (Å²) in [6.45, 7) is -0.160. The van der Waals surface area contributed by atoms with E-state index in [1.165, 1.54) is 23.0 Å². The van der Waals surface area contributed by atoms with Crippen molar-refractivity contribution < 1.29 is 23.1 Å². The highest BCUT2D eigenvalue weighted by atomic mass is 32.2. The van der Waals surface area contributed by atoms with Crippen LogP contribution in [0.1, 0.15) is 16.9 Å². The third kappa shape index (κ3) is 5.21. The molecule has 0 saturated carbocycles. The van der Waals surface area contributed by atoms with Gasteiger partial charge >= 0.3 is 0 Å². The molecule has 2 amide bonds. The van der Waals surface area contributed by atoms with Gasteiger partial charge in [-0.15, -0.1) is 0 Å². The minimum absolute atomic E-state index is 0.0863. The molecule has 0 spiro atoms. The topological polar surface area (TPSA) is 142 Å². The summed E-state index contributed by atoms with van der Waals surface area (Å²) in [5.74, 6) is -1.80. The Balaban J connectivity index is 1.49. The predicted octanol–water partition coefficient (Wildman–Crippen LogP) is 0.707. The van der Waals surface area contributed by atoms with Crippen molar-refractivity contribution >= 4 is 21.8 Å². The van der Waals surface area contributed by atoms with Gasteiger partial charge in [0.1, 0.15) is 0 Å². The molecule has 1 heterocycles. The molecule has 0 radical (unpaired) electrons. The molecule has 0 aliphatic rings. The van der Waals surface area contributed by atoms with E-state index in [9.17, 15) is 23.1 Å². The number of hydrogen-bond acceptors (Lipinski definition) is 6. The maximum Gasteiger partial charge on any atom is 0.294 e. The number of amides is 2. The van der Waals surface area contributed by atoms with Crippen LogP contribution in [0.3, 0.4) is 0 Å². The second-order valence-corrected chi connectivity index (χ2v) is 7.87. The molecule has 0 atom stereocenters. The third-order valence-corrected chi connectivity index (χ3v) is 5.42. The van der Waals surface area contributed by atoms with Gasteiger partial charge in [-0.2, -0.15) is 5.10 Å². The lowest BCUT2D eigenvalue weighted by atomic mass is 10.3. The van der Waals surface area contributed by atoms with Gasteiger partial charge in [0.05, 0.1) is 16.8 Å². The maximum absolute atomic E-state index is 12.2. The first-order valence-corrected chi connectivity index (χ1v) is 10.3. The van der Waals surface area contributed by atoms with Crippen molar-refractivity contribution in [1.82, 2.24) is 25.4 Å². The van der Waals surface area contributed by atoms with Crippen molar-refractivity contribution in [3.05, 3.63) is 72.6 Å². The lowest BCUT2D eigenvalue weighted by Gasteiger charge is -2.08. The summed E-state index contributed by atoms with van der Waals surface area (Å²) in [6, 6.07) is 16.6. The van der Waals surface area contributed by atoms with Crippen LogP contribution in [0.4, 0.5) is 0 Å². The van der Waals surface area contributed by atoms with Gasteiger partial charge in [0.2, 0.25) is 15.9 Å². The van der Waals surface area contributed by atoms with Crippen molar-refractivity contribution in [3.63, 3.8) is 0 Å². The number of nitrogens with zero attached hydrogens (tertiary/aromatic N) is 2. The van der Waals surface area contributed by atoms with Crippen LogP contribution >= 0.6 is 0 Å². The standard InChI is InChI=1S/C19H19N5O5S/c25-16-13-24(14-7-3-1-4-8-14)23-18(16)19(27)22-21-17(26)11-12-20-30(28,29)15-9-5-2-6-10-15/h1-10,13,20,25H,11-12H2,(H,21,26)(H,22,27). The zero-order chi connectivity index (χ0) is 21.6. The van der Waals surface area contributed by atoms with E-state index in [-0.39, 0.29) is 29.3 Å². The monoisotopic (exact) mass is 429 g/mol. The number of carbonyl (C=O) groups excluding carboxylic acids is 2. The Morgan fingerprint density at radius 1 is 0.967 bits per heavy atom. The van der Waals surface area contributed by atoms with Gasteiger partial charge in [-0.1, -0.05) is 36.4 Å². The molecule has 0 unspecified atom stereocenters. The Bertz CT molecular complexity index is 1130. The van der Waals surface area contributed by atoms with E-state index in [1.807, 2.05) is 6.07 Å². The summed E-state index contributed by atoms with van der Waals surface area (Å²) in [5.41, 5.74) is 4.65. The zero-order valence-corrected chi connectivity index (χ0v) is 16.5. The highest BCUT2D eigenvalue weighted by molar-refractivity contribution is 7.89. The quantitative estimate of drug-likeness (QED) is 0.408. The lowest BCUT2D eigenvalue weighted by Crippen LogP contribution is -2.43. The zero-order valence-electron chi connectivity index (χ0n) is 15.6. The molecule has 0 saturated heterocycles. The molecule has 0 fully saturated rings. The molecule has 4 N–H and O–H groups in total. The van der Waals surface area contributed by atoms with Crippen LogP contribution in [-0.2, 0) is 14.8 Å². The minimum atomic E-state index is -3.72. The lowest BCUT2D eigenvalue weighted by molar-refractivity contribution is -0.121. The molecule has 0 aliphatic heterocycles. The average Bonchev–Trinajstić information content (AvgIpc) is 3.15. The second kappa shape index (κ2) is 9.20. The number of hydrazine groups is 1. The smallest absolute Gasteiger partial charge is 0.294 e. The van der Waals surface area contributed by atoms with Crippen LogP contribution in [0.2, 0.25) is 0 Å². The molecule has 11 heteroatoms. The summed E-state index contributed by atoms with van der Waals surface area (Å²) in [4.78, 5) is 24.1. The van der Waals surface area contributed by atoms with Crippen molar-refractivity contribution in [1.29, 1.82) is 0 Å². The van der Waals surface area contributed by atoms with Gasteiger partial charge in [0.15, 0.2) is 11.4 Å². The van der Waals surface area contributed by atoms with E-state index < -0.39 is 21.8 Å². The van der Waals surface area contributed by atoms with Gasteiger partial charge in [-0.05, 0) is 24.3 Å². The van der Waals surface area contributed by atoms with Gasteiger partial charge in [-0.25, -0.2) is 17.8 Å². The first kappa shape index (κ1) is 21.0. The highest BCUT2D eigenvalue weighted by Crippen LogP contribution is 2.17. The molecular formula is C19H19N5O5S. The molecule has 30 heavy (non-hydrogen) atoms. The number of aromatic hydroxyl groups is 1. The summed E-state index contributed by atoms with van der Waals surface area (Å²) in [6.07, 6.45) is 1.06. The molecule has 2 aromatic carbocycles. The largest absolute Gasteiger partial charge is 0.504 e. The number of sulfonamides is 1. The SMILES string of the molecule is O=C(CCNS(=O)(=O)c1ccccc1)NNC(=O)c1nn(-c2ccccc2)cc1O. The van der Waals surface area contributed by atoms with Gasteiger partial charge in [-0.3, -0.25) is 20.4 Å². The maximum atomic E-state index is 12.2.